The smallest absolute Gasteiger partial charge is 0.186 e. The average molecular weight is 226 g/mol. The summed E-state index contributed by atoms with van der Waals surface area (Å²) in [5.74, 6) is 0.682. The zero-order chi connectivity index (χ0) is 10.4. The van der Waals surface area contributed by atoms with Gasteiger partial charge in [-0.25, -0.2) is 0 Å². The molecule has 0 aliphatic carbocycles. The molecule has 0 amide bonds. The van der Waals surface area contributed by atoms with Crippen LogP contribution in [0.5, 0.6) is 0 Å². The van der Waals surface area contributed by atoms with Gasteiger partial charge in [-0.1, -0.05) is 23.9 Å². The van der Waals surface area contributed by atoms with Crippen molar-refractivity contribution in [1.82, 2.24) is 0 Å². The molecule has 1 rings (SSSR count). The second-order valence-electron chi connectivity index (χ2n) is 2.61. The first kappa shape index (κ1) is 11.2. The molecule has 2 nitrogen and oxygen atoms in total. The van der Waals surface area contributed by atoms with E-state index in [0.29, 0.717) is 5.75 Å². The third kappa shape index (κ3) is 3.89. The molecule has 0 bridgehead atoms. The van der Waals surface area contributed by atoms with E-state index in [4.69, 9.17) is 0 Å². The van der Waals surface area contributed by atoms with Crippen LogP contribution in [0.3, 0.4) is 0 Å². The second-order valence-corrected chi connectivity index (χ2v) is 4.74. The Morgan fingerprint density at radius 2 is 2.43 bits per heavy atom. The molecule has 0 aromatic carbocycles. The van der Waals surface area contributed by atoms with Crippen LogP contribution in [0.4, 0.5) is 0 Å². The van der Waals surface area contributed by atoms with Crippen LogP contribution in [-0.2, 0) is 4.79 Å². The van der Waals surface area contributed by atoms with Crippen molar-refractivity contribution in [3.63, 3.8) is 0 Å². The normalized spacial score (nSPS) is 10.6. The number of hydrogen-bond acceptors (Lipinski definition) is 4. The molecule has 0 spiro atoms. The molecule has 0 fully saturated rings. The van der Waals surface area contributed by atoms with Gasteiger partial charge < -0.3 is 0 Å². The van der Waals surface area contributed by atoms with Gasteiger partial charge in [0.05, 0.1) is 4.88 Å². The summed E-state index contributed by atoms with van der Waals surface area (Å²) in [6.45, 7) is 1.55. The van der Waals surface area contributed by atoms with Crippen LogP contribution < -0.4 is 0 Å². The molecular weight excluding hydrogens is 216 g/mol. The lowest BCUT2D eigenvalue weighted by Crippen LogP contribution is -1.81. The molecule has 0 atom stereocenters. The van der Waals surface area contributed by atoms with Crippen LogP contribution in [-0.4, -0.2) is 17.2 Å². The quantitative estimate of drug-likeness (QED) is 0.740. The summed E-state index contributed by atoms with van der Waals surface area (Å²) in [7, 11) is 0. The number of aldehydes is 1. The molecule has 14 heavy (non-hydrogen) atoms. The first-order valence-electron chi connectivity index (χ1n) is 4.06. The van der Waals surface area contributed by atoms with Crippen molar-refractivity contribution in [3.05, 3.63) is 28.0 Å². The van der Waals surface area contributed by atoms with Crippen LogP contribution in [0.25, 0.3) is 6.08 Å². The van der Waals surface area contributed by atoms with Crippen molar-refractivity contribution in [2.45, 2.75) is 6.92 Å². The topological polar surface area (TPSA) is 34.1 Å². The minimum Gasteiger partial charge on any atom is -0.297 e. The average Bonchev–Trinajstić information content (AvgIpc) is 2.60. The monoisotopic (exact) mass is 226 g/mol. The molecule has 1 heterocycles. The van der Waals surface area contributed by atoms with Gasteiger partial charge in [-0.15, -0.1) is 11.3 Å². The predicted octanol–water partition coefficient (Wildman–Crippen LogP) is 2.85. The minimum atomic E-state index is 0.119. The molecule has 0 radical (unpaired) electrons. The minimum absolute atomic E-state index is 0.119. The molecular formula is C10H10O2S2. The van der Waals surface area contributed by atoms with Crippen molar-refractivity contribution in [2.75, 3.05) is 5.75 Å². The van der Waals surface area contributed by atoms with Gasteiger partial charge in [-0.3, -0.25) is 9.59 Å². The fraction of sp³-hybridized carbons (Fsp3) is 0.200. The van der Waals surface area contributed by atoms with E-state index in [9.17, 15) is 9.59 Å². The Kier molecular flexibility index (Phi) is 4.62. The van der Waals surface area contributed by atoms with Crippen molar-refractivity contribution in [3.8, 4) is 0 Å². The maximum atomic E-state index is 10.6. The van der Waals surface area contributed by atoms with E-state index in [1.807, 2.05) is 23.6 Å². The van der Waals surface area contributed by atoms with E-state index in [1.165, 1.54) is 23.1 Å². The van der Waals surface area contributed by atoms with Gasteiger partial charge in [0.25, 0.3) is 0 Å². The highest BCUT2D eigenvalue weighted by atomic mass is 32.2. The summed E-state index contributed by atoms with van der Waals surface area (Å²) in [6.07, 6.45) is 4.68. The van der Waals surface area contributed by atoms with Gasteiger partial charge in [-0.2, -0.15) is 0 Å². The van der Waals surface area contributed by atoms with E-state index < -0.39 is 0 Å². The van der Waals surface area contributed by atoms with Gasteiger partial charge in [0.15, 0.2) is 11.4 Å². The Morgan fingerprint density at radius 3 is 3.00 bits per heavy atom. The number of thiophene rings is 1. The van der Waals surface area contributed by atoms with Crippen molar-refractivity contribution in [1.29, 1.82) is 0 Å². The molecule has 1 aromatic heterocycles. The maximum absolute atomic E-state index is 10.6. The van der Waals surface area contributed by atoms with Crippen LogP contribution in [0.1, 0.15) is 22.2 Å². The SMILES string of the molecule is CC(=O)SCC=Cc1csc(C=O)c1. The second kappa shape index (κ2) is 5.78. The van der Waals surface area contributed by atoms with Crippen LogP contribution in [0.15, 0.2) is 17.5 Å². The first-order chi connectivity index (χ1) is 6.72. The lowest BCUT2D eigenvalue weighted by molar-refractivity contribution is -0.109. The summed E-state index contributed by atoms with van der Waals surface area (Å²) in [6, 6.07) is 1.83. The van der Waals surface area contributed by atoms with Crippen molar-refractivity contribution in [2.24, 2.45) is 0 Å². The van der Waals surface area contributed by atoms with E-state index in [1.54, 1.807) is 6.92 Å². The summed E-state index contributed by atoms with van der Waals surface area (Å²) in [5.41, 5.74) is 1.02. The zero-order valence-corrected chi connectivity index (χ0v) is 9.36. The highest BCUT2D eigenvalue weighted by Gasteiger charge is 1.94. The van der Waals surface area contributed by atoms with E-state index in [0.717, 1.165) is 16.7 Å². The first-order valence-corrected chi connectivity index (χ1v) is 5.92. The fourth-order valence-electron chi connectivity index (χ4n) is 0.867. The number of carbonyl (C=O) groups is 2. The van der Waals surface area contributed by atoms with E-state index in [-0.39, 0.29) is 5.12 Å². The van der Waals surface area contributed by atoms with Gasteiger partial charge >= 0.3 is 0 Å². The van der Waals surface area contributed by atoms with Crippen LogP contribution in [0.2, 0.25) is 0 Å². The maximum Gasteiger partial charge on any atom is 0.186 e. The lowest BCUT2D eigenvalue weighted by atomic mass is 10.3. The van der Waals surface area contributed by atoms with Gasteiger partial charge in [0.1, 0.15) is 0 Å². The Balaban J connectivity index is 2.43. The molecule has 0 N–H and O–H groups in total. The highest BCUT2D eigenvalue weighted by molar-refractivity contribution is 8.13. The molecule has 0 unspecified atom stereocenters. The standard InChI is InChI=1S/C10H10O2S2/c1-8(12)13-4-2-3-9-5-10(6-11)14-7-9/h2-3,5-7H,4H2,1H3. The van der Waals surface area contributed by atoms with Gasteiger partial charge in [0.2, 0.25) is 0 Å². The van der Waals surface area contributed by atoms with E-state index >= 15 is 0 Å². The molecule has 0 aliphatic heterocycles. The van der Waals surface area contributed by atoms with Gasteiger partial charge in [-0.05, 0) is 17.0 Å². The zero-order valence-electron chi connectivity index (χ0n) is 7.73. The highest BCUT2D eigenvalue weighted by Crippen LogP contribution is 2.14. The van der Waals surface area contributed by atoms with Crippen LogP contribution >= 0.6 is 23.1 Å². The number of carbonyl (C=O) groups excluding carboxylic acids is 2. The molecule has 0 aliphatic rings. The third-order valence-corrected chi connectivity index (χ3v) is 3.09. The summed E-state index contributed by atoms with van der Waals surface area (Å²) < 4.78 is 0. The third-order valence-electron chi connectivity index (χ3n) is 1.45. The molecule has 1 aromatic rings. The number of hydrogen-bond donors (Lipinski definition) is 0. The largest absolute Gasteiger partial charge is 0.297 e. The van der Waals surface area contributed by atoms with Gasteiger partial charge in [0, 0.05) is 12.7 Å². The molecule has 74 valence electrons. The Bertz CT molecular complexity index is 353. The lowest BCUT2D eigenvalue weighted by Gasteiger charge is -1.87. The Morgan fingerprint density at radius 1 is 1.64 bits per heavy atom. The Hall–Kier alpha value is -0.870. The number of thioether (sulfide) groups is 1. The van der Waals surface area contributed by atoms with E-state index in [2.05, 4.69) is 0 Å². The predicted molar refractivity (Wildman–Crippen MR) is 61.9 cm³/mol. The fourth-order valence-corrected chi connectivity index (χ4v) is 1.97. The molecule has 0 saturated heterocycles. The molecule has 4 heteroatoms. The molecule has 0 saturated carbocycles. The number of rotatable bonds is 4. The summed E-state index contributed by atoms with van der Waals surface area (Å²) in [5, 5.41) is 2.03. The van der Waals surface area contributed by atoms with Crippen LogP contribution in [0, 0.1) is 0 Å². The summed E-state index contributed by atoms with van der Waals surface area (Å²) in [4.78, 5) is 21.7. The Labute approximate surface area is 91.0 Å². The van der Waals surface area contributed by atoms with Crippen molar-refractivity contribution >= 4 is 40.6 Å². The van der Waals surface area contributed by atoms with Crippen molar-refractivity contribution < 1.29 is 9.59 Å². The summed E-state index contributed by atoms with van der Waals surface area (Å²) >= 11 is 2.69.